The fourth-order valence-electron chi connectivity index (χ4n) is 4.99. The van der Waals surface area contributed by atoms with Gasteiger partial charge in [0, 0.05) is 4.47 Å². The van der Waals surface area contributed by atoms with Crippen LogP contribution >= 0.6 is 43.2 Å². The van der Waals surface area contributed by atoms with Crippen molar-refractivity contribution < 1.29 is 23.7 Å². The summed E-state index contributed by atoms with van der Waals surface area (Å²) >= 11 is 8.47. The SMILES string of the molecule is CCOC(=O)C1=C(C)N=c2s/c(=C/c3ccc(OCc4ccc(C#N)cc4)c(Br)c3)c(=O)n2[C@@H]1c1cc(OC)c(OCC)cc1Br. The van der Waals surface area contributed by atoms with Crippen LogP contribution in [0.2, 0.25) is 0 Å². The highest BCUT2D eigenvalue weighted by molar-refractivity contribution is 9.10. The number of allylic oxidation sites excluding steroid dienone is 1. The maximum absolute atomic E-state index is 14.1. The smallest absolute Gasteiger partial charge is 0.338 e. The van der Waals surface area contributed by atoms with Gasteiger partial charge in [0.25, 0.3) is 5.56 Å². The lowest BCUT2D eigenvalue weighted by Crippen LogP contribution is -2.40. The number of esters is 1. The van der Waals surface area contributed by atoms with Crippen molar-refractivity contribution in [3.63, 3.8) is 0 Å². The van der Waals surface area contributed by atoms with Gasteiger partial charge in [0.2, 0.25) is 0 Å². The summed E-state index contributed by atoms with van der Waals surface area (Å²) < 4.78 is 26.1. The molecule has 0 radical (unpaired) electrons. The molecule has 1 aromatic heterocycles. The number of carbonyl (C=O) groups is 1. The molecule has 4 aromatic rings. The zero-order valence-corrected chi connectivity index (χ0v) is 29.4. The monoisotopic (exact) mass is 765 g/mol. The summed E-state index contributed by atoms with van der Waals surface area (Å²) in [5.41, 5.74) is 3.33. The van der Waals surface area contributed by atoms with Crippen molar-refractivity contribution in [3.8, 4) is 23.3 Å². The zero-order chi connectivity index (χ0) is 33.0. The molecule has 1 aliphatic rings. The Bertz CT molecular complexity index is 2060. The highest BCUT2D eigenvalue weighted by atomic mass is 79.9. The van der Waals surface area contributed by atoms with Crippen LogP contribution in [-0.2, 0) is 16.1 Å². The first kappa shape index (κ1) is 33.2. The molecule has 0 saturated carbocycles. The number of methoxy groups -OCH3 is 1. The predicted octanol–water partition coefficient (Wildman–Crippen LogP) is 6.18. The summed E-state index contributed by atoms with van der Waals surface area (Å²) in [5.74, 6) is 1.07. The van der Waals surface area contributed by atoms with E-state index in [2.05, 4.69) is 42.9 Å². The Morgan fingerprint density at radius 1 is 1.02 bits per heavy atom. The lowest BCUT2D eigenvalue weighted by atomic mass is 9.95. The van der Waals surface area contributed by atoms with Gasteiger partial charge in [0.1, 0.15) is 12.4 Å². The normalized spacial score (nSPS) is 14.3. The standard InChI is InChI=1S/C34H29Br2N3O6S/c1-5-43-28-16-24(35)23(15-27(28)42-4)31-30(33(41)44-6-2)19(3)38-34-39(31)32(40)29(46-34)14-22-11-12-26(25(36)13-22)45-18-21-9-7-20(17-37)8-10-21/h7-16,31H,5-6,18H2,1-4H3/b29-14+/t31-/m1/s1. The van der Waals surface area contributed by atoms with Gasteiger partial charge < -0.3 is 18.9 Å². The van der Waals surface area contributed by atoms with Gasteiger partial charge >= 0.3 is 5.97 Å². The first-order valence-corrected chi connectivity index (χ1v) is 16.7. The zero-order valence-electron chi connectivity index (χ0n) is 25.4. The van der Waals surface area contributed by atoms with Gasteiger partial charge in [0.05, 0.1) is 58.3 Å². The third kappa shape index (κ3) is 6.82. The molecular formula is C34H29Br2N3O6S. The summed E-state index contributed by atoms with van der Waals surface area (Å²) in [6.07, 6.45) is 1.78. The number of thiazole rings is 1. The lowest BCUT2D eigenvalue weighted by Gasteiger charge is -2.26. The van der Waals surface area contributed by atoms with Crippen molar-refractivity contribution >= 4 is 55.2 Å². The van der Waals surface area contributed by atoms with Gasteiger partial charge in [-0.1, -0.05) is 45.5 Å². The van der Waals surface area contributed by atoms with Crippen LogP contribution in [0.4, 0.5) is 0 Å². The number of fused-ring (bicyclic) bond motifs is 1. The minimum absolute atomic E-state index is 0.169. The van der Waals surface area contributed by atoms with E-state index in [9.17, 15) is 9.59 Å². The fourth-order valence-corrected chi connectivity index (χ4v) is 7.08. The van der Waals surface area contributed by atoms with Crippen molar-refractivity contribution in [3.05, 3.63) is 117 Å². The van der Waals surface area contributed by atoms with Gasteiger partial charge in [0.15, 0.2) is 16.3 Å². The number of halogens is 2. The number of rotatable bonds is 10. The molecule has 1 atom stereocenters. The van der Waals surface area contributed by atoms with E-state index in [0.29, 0.717) is 65.6 Å². The summed E-state index contributed by atoms with van der Waals surface area (Å²) in [5, 5.41) is 9.01. The highest BCUT2D eigenvalue weighted by Crippen LogP contribution is 2.41. The number of nitrogens with zero attached hydrogens (tertiary/aromatic N) is 3. The summed E-state index contributed by atoms with van der Waals surface area (Å²) in [6, 6.07) is 17.6. The fraction of sp³-hybridized carbons (Fsp3) is 0.235. The van der Waals surface area contributed by atoms with Crippen LogP contribution in [0.1, 0.15) is 49.1 Å². The van der Waals surface area contributed by atoms with Crippen molar-refractivity contribution in [2.75, 3.05) is 20.3 Å². The molecule has 1 aliphatic heterocycles. The van der Waals surface area contributed by atoms with Gasteiger partial charge in [-0.25, -0.2) is 9.79 Å². The third-order valence-electron chi connectivity index (χ3n) is 7.13. The molecule has 12 heteroatoms. The lowest BCUT2D eigenvalue weighted by molar-refractivity contribution is -0.139. The van der Waals surface area contributed by atoms with E-state index in [1.54, 1.807) is 44.2 Å². The Labute approximate surface area is 286 Å². The highest BCUT2D eigenvalue weighted by Gasteiger charge is 2.35. The van der Waals surface area contributed by atoms with E-state index in [-0.39, 0.29) is 17.7 Å². The molecule has 46 heavy (non-hydrogen) atoms. The number of ether oxygens (including phenoxy) is 4. The molecule has 9 nitrogen and oxygen atoms in total. The number of carbonyl (C=O) groups excluding carboxylic acids is 1. The van der Waals surface area contributed by atoms with Crippen LogP contribution in [0.5, 0.6) is 17.2 Å². The van der Waals surface area contributed by atoms with Crippen LogP contribution < -0.4 is 29.1 Å². The van der Waals surface area contributed by atoms with Crippen LogP contribution in [0, 0.1) is 11.3 Å². The minimum atomic E-state index is -0.832. The van der Waals surface area contributed by atoms with E-state index in [0.717, 1.165) is 11.1 Å². The molecular weight excluding hydrogens is 738 g/mol. The number of hydrogen-bond donors (Lipinski definition) is 0. The number of hydrogen-bond acceptors (Lipinski definition) is 9. The second kappa shape index (κ2) is 14.5. The molecule has 0 spiro atoms. The molecule has 0 bridgehead atoms. The maximum atomic E-state index is 14.1. The van der Waals surface area contributed by atoms with Crippen molar-refractivity contribution in [2.45, 2.75) is 33.4 Å². The third-order valence-corrected chi connectivity index (χ3v) is 9.41. The Morgan fingerprint density at radius 2 is 1.78 bits per heavy atom. The van der Waals surface area contributed by atoms with E-state index in [1.807, 2.05) is 37.3 Å². The van der Waals surface area contributed by atoms with Crippen LogP contribution in [0.3, 0.4) is 0 Å². The largest absolute Gasteiger partial charge is 0.493 e. The topological polar surface area (TPSA) is 112 Å². The molecule has 0 amide bonds. The van der Waals surface area contributed by atoms with Crippen LogP contribution in [0.25, 0.3) is 6.08 Å². The first-order valence-electron chi connectivity index (χ1n) is 14.3. The quantitative estimate of drug-likeness (QED) is 0.177. The Hall–Kier alpha value is -4.18. The number of aromatic nitrogens is 1. The molecule has 0 N–H and O–H groups in total. The molecule has 236 valence electrons. The van der Waals surface area contributed by atoms with Crippen LogP contribution in [-0.4, -0.2) is 30.9 Å². The van der Waals surface area contributed by atoms with Gasteiger partial charge in [-0.3, -0.25) is 9.36 Å². The molecule has 0 aliphatic carbocycles. The summed E-state index contributed by atoms with van der Waals surface area (Å²) in [6.45, 7) is 6.28. The number of nitriles is 1. The molecule has 0 unspecified atom stereocenters. The number of benzene rings is 3. The van der Waals surface area contributed by atoms with Gasteiger partial charge in [-0.05, 0) is 95.9 Å². The molecule has 3 aromatic carbocycles. The maximum Gasteiger partial charge on any atom is 0.338 e. The molecule has 0 saturated heterocycles. The van der Waals surface area contributed by atoms with Crippen LogP contribution in [0.15, 0.2) is 84.6 Å². The van der Waals surface area contributed by atoms with E-state index < -0.39 is 12.0 Å². The van der Waals surface area contributed by atoms with E-state index in [4.69, 9.17) is 24.2 Å². The molecule has 5 rings (SSSR count). The summed E-state index contributed by atoms with van der Waals surface area (Å²) in [4.78, 5) is 32.6. The van der Waals surface area contributed by atoms with E-state index in [1.165, 1.54) is 23.0 Å². The second-order valence-electron chi connectivity index (χ2n) is 10.0. The second-order valence-corrected chi connectivity index (χ2v) is 12.8. The van der Waals surface area contributed by atoms with Crippen molar-refractivity contribution in [1.82, 2.24) is 4.57 Å². The molecule has 2 heterocycles. The Balaban J connectivity index is 1.55. The minimum Gasteiger partial charge on any atom is -0.493 e. The summed E-state index contributed by atoms with van der Waals surface area (Å²) in [7, 11) is 1.54. The Morgan fingerprint density at radius 3 is 2.43 bits per heavy atom. The van der Waals surface area contributed by atoms with Gasteiger partial charge in [-0.2, -0.15) is 5.26 Å². The Kier molecular flexibility index (Phi) is 10.5. The van der Waals surface area contributed by atoms with Crippen molar-refractivity contribution in [1.29, 1.82) is 5.26 Å². The van der Waals surface area contributed by atoms with E-state index >= 15 is 0 Å². The van der Waals surface area contributed by atoms with Gasteiger partial charge in [-0.15, -0.1) is 0 Å². The predicted molar refractivity (Wildman–Crippen MR) is 182 cm³/mol. The average molecular weight is 767 g/mol. The van der Waals surface area contributed by atoms with Crippen molar-refractivity contribution in [2.24, 2.45) is 4.99 Å². The first-order chi connectivity index (χ1) is 22.2. The average Bonchev–Trinajstić information content (AvgIpc) is 3.34. The molecule has 0 fully saturated rings.